The molecule has 1 aromatic heterocycles. The number of nitrogens with one attached hydrogen (secondary N) is 2. The third kappa shape index (κ3) is 5.17. The molecule has 10 heteroatoms. The van der Waals surface area contributed by atoms with Crippen LogP contribution in [-0.2, 0) is 11.9 Å². The lowest BCUT2D eigenvalue weighted by molar-refractivity contribution is -0.137. The fourth-order valence-corrected chi connectivity index (χ4v) is 3.20. The van der Waals surface area contributed by atoms with Crippen LogP contribution in [0.25, 0.3) is 0 Å². The van der Waals surface area contributed by atoms with E-state index in [1.165, 1.54) is 12.1 Å². The fourth-order valence-electron chi connectivity index (χ4n) is 2.38. The molecule has 6 nitrogen and oxygen atoms in total. The Morgan fingerprint density at radius 1 is 1.10 bits per heavy atom. The quantitative estimate of drug-likeness (QED) is 0.429. The van der Waals surface area contributed by atoms with Gasteiger partial charge in [0.2, 0.25) is 0 Å². The number of nitrogens with zero attached hydrogens (tertiary/aromatic N) is 1. The molecule has 3 rings (SSSR count). The summed E-state index contributed by atoms with van der Waals surface area (Å²) in [6.07, 6.45) is -4.40. The average Bonchev–Trinajstić information content (AvgIpc) is 2.69. The lowest BCUT2D eigenvalue weighted by atomic mass is 10.1. The van der Waals surface area contributed by atoms with Gasteiger partial charge in [-0.15, -0.1) is 0 Å². The fraction of sp³-hybridized carbons (Fsp3) is 0.105. The molecule has 0 unspecified atom stereocenters. The summed E-state index contributed by atoms with van der Waals surface area (Å²) in [5.74, 6) is -0.390. The van der Waals surface area contributed by atoms with E-state index in [1.807, 2.05) is 0 Å². The molecule has 0 aliphatic rings. The maximum atomic E-state index is 12.6. The molecule has 0 aliphatic carbocycles. The van der Waals surface area contributed by atoms with Crippen LogP contribution in [0.5, 0.6) is 0 Å². The van der Waals surface area contributed by atoms with Gasteiger partial charge in [-0.1, -0.05) is 42.1 Å². The third-order valence-electron chi connectivity index (χ3n) is 3.86. The molecule has 0 fully saturated rings. The Morgan fingerprint density at radius 2 is 1.76 bits per heavy atom. The van der Waals surface area contributed by atoms with Crippen LogP contribution in [0.1, 0.15) is 21.5 Å². The van der Waals surface area contributed by atoms with Gasteiger partial charge in [-0.2, -0.15) is 13.2 Å². The maximum Gasteiger partial charge on any atom is 0.416 e. The Balaban J connectivity index is 1.69. The van der Waals surface area contributed by atoms with Crippen LogP contribution in [0.15, 0.2) is 64.5 Å². The zero-order valence-electron chi connectivity index (χ0n) is 14.8. The van der Waals surface area contributed by atoms with Gasteiger partial charge >= 0.3 is 6.18 Å². The van der Waals surface area contributed by atoms with E-state index < -0.39 is 23.2 Å². The predicted octanol–water partition coefficient (Wildman–Crippen LogP) is 3.92. The van der Waals surface area contributed by atoms with Gasteiger partial charge < -0.3 is 11.1 Å². The predicted molar refractivity (Wildman–Crippen MR) is 105 cm³/mol. The minimum atomic E-state index is -4.40. The van der Waals surface area contributed by atoms with E-state index in [0.29, 0.717) is 11.1 Å². The van der Waals surface area contributed by atoms with Crippen molar-refractivity contribution in [3.05, 3.63) is 81.6 Å². The molecule has 0 aliphatic heterocycles. The molecule has 1 heterocycles. The molecule has 29 heavy (non-hydrogen) atoms. The second-order valence-electron chi connectivity index (χ2n) is 5.93. The summed E-state index contributed by atoms with van der Waals surface area (Å²) >= 11 is 1.10. The number of H-pyrrole nitrogens is 1. The minimum Gasteiger partial charge on any atom is -0.382 e. The largest absolute Gasteiger partial charge is 0.416 e. The average molecular weight is 420 g/mol. The molecule has 0 saturated carbocycles. The number of alkyl halides is 3. The van der Waals surface area contributed by atoms with Gasteiger partial charge in [0.25, 0.3) is 11.5 Å². The molecule has 4 N–H and O–H groups in total. The standard InChI is InChI=1S/C19H15F3N4O2S/c20-19(21,22)13-8-6-11(7-9-13)10-29-18-25-15(23)14(17(28)26-18)24-16(27)12-4-2-1-3-5-12/h1-9H,10H2,(H,24,27)(H3,23,25,26,28). The first kappa shape index (κ1) is 20.5. The number of thioether (sulfide) groups is 1. The molecule has 0 radical (unpaired) electrons. The number of anilines is 2. The number of hydrogen-bond acceptors (Lipinski definition) is 5. The number of nitrogen functional groups attached to an aromatic ring is 1. The van der Waals surface area contributed by atoms with Crippen molar-refractivity contribution in [3.8, 4) is 0 Å². The van der Waals surface area contributed by atoms with E-state index >= 15 is 0 Å². The minimum absolute atomic E-state index is 0.159. The highest BCUT2D eigenvalue weighted by Crippen LogP contribution is 2.30. The highest BCUT2D eigenvalue weighted by molar-refractivity contribution is 7.98. The summed E-state index contributed by atoms with van der Waals surface area (Å²) in [7, 11) is 0. The maximum absolute atomic E-state index is 12.6. The summed E-state index contributed by atoms with van der Waals surface area (Å²) in [4.78, 5) is 31.0. The number of halogens is 3. The summed E-state index contributed by atoms with van der Waals surface area (Å²) in [5.41, 5.74) is 5.24. The summed E-state index contributed by atoms with van der Waals surface area (Å²) in [5, 5.41) is 2.62. The van der Waals surface area contributed by atoms with Gasteiger partial charge in [-0.05, 0) is 29.8 Å². The third-order valence-corrected chi connectivity index (χ3v) is 4.80. The summed E-state index contributed by atoms with van der Waals surface area (Å²) < 4.78 is 37.8. The number of amides is 1. The number of benzene rings is 2. The highest BCUT2D eigenvalue weighted by Gasteiger charge is 2.29. The van der Waals surface area contributed by atoms with Crippen LogP contribution in [0.3, 0.4) is 0 Å². The van der Waals surface area contributed by atoms with Crippen molar-refractivity contribution in [2.45, 2.75) is 17.1 Å². The molecule has 0 atom stereocenters. The van der Waals surface area contributed by atoms with Crippen molar-refractivity contribution in [3.63, 3.8) is 0 Å². The van der Waals surface area contributed by atoms with Gasteiger partial charge in [0, 0.05) is 11.3 Å². The van der Waals surface area contributed by atoms with Crippen LogP contribution in [-0.4, -0.2) is 15.9 Å². The molecular formula is C19H15F3N4O2S. The van der Waals surface area contributed by atoms with Crippen molar-refractivity contribution in [1.82, 2.24) is 9.97 Å². The number of hydrogen-bond donors (Lipinski definition) is 3. The number of rotatable bonds is 5. The normalized spacial score (nSPS) is 11.3. The van der Waals surface area contributed by atoms with Gasteiger partial charge in [0.05, 0.1) is 5.56 Å². The smallest absolute Gasteiger partial charge is 0.382 e. The topological polar surface area (TPSA) is 101 Å². The SMILES string of the molecule is Nc1nc(SCc2ccc(C(F)(F)F)cc2)[nH]c(=O)c1NC(=O)c1ccccc1. The Kier molecular flexibility index (Phi) is 5.92. The van der Waals surface area contributed by atoms with Crippen LogP contribution in [0.2, 0.25) is 0 Å². The lowest BCUT2D eigenvalue weighted by Crippen LogP contribution is -2.23. The van der Waals surface area contributed by atoms with Gasteiger partial charge in [0.15, 0.2) is 11.0 Å². The monoisotopic (exact) mass is 420 g/mol. The zero-order valence-corrected chi connectivity index (χ0v) is 15.6. The van der Waals surface area contributed by atoms with E-state index in [2.05, 4.69) is 15.3 Å². The molecule has 2 aromatic carbocycles. The number of nitrogens with two attached hydrogens (primary N) is 1. The van der Waals surface area contributed by atoms with Crippen molar-refractivity contribution in [2.75, 3.05) is 11.1 Å². The summed E-state index contributed by atoms with van der Waals surface area (Å²) in [6, 6.07) is 13.0. The Labute approximate surface area is 167 Å². The molecule has 1 amide bonds. The van der Waals surface area contributed by atoms with Crippen molar-refractivity contribution < 1.29 is 18.0 Å². The van der Waals surface area contributed by atoms with Crippen LogP contribution in [0, 0.1) is 0 Å². The van der Waals surface area contributed by atoms with Crippen molar-refractivity contribution in [2.24, 2.45) is 0 Å². The molecule has 3 aromatic rings. The number of carbonyl (C=O) groups excluding carboxylic acids is 1. The van der Waals surface area contributed by atoms with E-state index in [-0.39, 0.29) is 22.4 Å². The Hall–Kier alpha value is -3.27. The number of aromatic nitrogens is 2. The van der Waals surface area contributed by atoms with E-state index in [0.717, 1.165) is 23.9 Å². The van der Waals surface area contributed by atoms with Crippen LogP contribution in [0.4, 0.5) is 24.7 Å². The van der Waals surface area contributed by atoms with Gasteiger partial charge in [0.1, 0.15) is 5.69 Å². The first-order valence-corrected chi connectivity index (χ1v) is 9.28. The first-order chi connectivity index (χ1) is 13.7. The zero-order chi connectivity index (χ0) is 21.0. The highest BCUT2D eigenvalue weighted by atomic mass is 32.2. The Bertz CT molecular complexity index is 1070. The van der Waals surface area contributed by atoms with Crippen LogP contribution >= 0.6 is 11.8 Å². The van der Waals surface area contributed by atoms with Gasteiger partial charge in [-0.3, -0.25) is 14.6 Å². The summed E-state index contributed by atoms with van der Waals surface area (Å²) in [6.45, 7) is 0. The van der Waals surface area contributed by atoms with Gasteiger partial charge in [-0.25, -0.2) is 4.98 Å². The number of carbonyl (C=O) groups is 1. The number of aromatic amines is 1. The van der Waals surface area contributed by atoms with Crippen molar-refractivity contribution in [1.29, 1.82) is 0 Å². The van der Waals surface area contributed by atoms with E-state index in [4.69, 9.17) is 5.73 Å². The molecule has 0 bridgehead atoms. The van der Waals surface area contributed by atoms with E-state index in [9.17, 15) is 22.8 Å². The molecule has 150 valence electrons. The van der Waals surface area contributed by atoms with Crippen molar-refractivity contribution >= 4 is 29.2 Å². The van der Waals surface area contributed by atoms with E-state index in [1.54, 1.807) is 30.3 Å². The second kappa shape index (κ2) is 8.39. The first-order valence-electron chi connectivity index (χ1n) is 8.29. The van der Waals surface area contributed by atoms with Crippen LogP contribution < -0.4 is 16.6 Å². The molecule has 0 saturated heterocycles. The second-order valence-corrected chi connectivity index (χ2v) is 6.90. The molecular weight excluding hydrogens is 405 g/mol. The Morgan fingerprint density at radius 3 is 2.34 bits per heavy atom. The molecule has 0 spiro atoms. The lowest BCUT2D eigenvalue weighted by Gasteiger charge is -2.09.